The number of amides is 1. The van der Waals surface area contributed by atoms with Gasteiger partial charge in [0.05, 0.1) is 12.6 Å². The Labute approximate surface area is 174 Å². The summed E-state index contributed by atoms with van der Waals surface area (Å²) in [7, 11) is 1.58. The fourth-order valence-electron chi connectivity index (χ4n) is 3.24. The lowest BCUT2D eigenvalue weighted by molar-refractivity contribution is -0.112. The summed E-state index contributed by atoms with van der Waals surface area (Å²) in [5, 5.41) is 13.4. The normalized spacial score (nSPS) is 11.2. The first-order chi connectivity index (χ1) is 13.8. The van der Waals surface area contributed by atoms with E-state index in [1.54, 1.807) is 25.3 Å². The van der Waals surface area contributed by atoms with Crippen molar-refractivity contribution in [2.45, 2.75) is 20.8 Å². The third-order valence-electron chi connectivity index (χ3n) is 4.58. The molecule has 0 aliphatic carbocycles. The summed E-state index contributed by atoms with van der Waals surface area (Å²) in [5.41, 5.74) is 4.80. The second kappa shape index (κ2) is 8.34. The highest BCUT2D eigenvalue weighted by Crippen LogP contribution is 2.27. The Bertz CT molecular complexity index is 1170. The Hall–Kier alpha value is -3.36. The molecule has 0 bridgehead atoms. The van der Waals surface area contributed by atoms with E-state index in [1.165, 1.54) is 6.08 Å². The number of nitriles is 1. The summed E-state index contributed by atoms with van der Waals surface area (Å²) in [6, 6.07) is 13.1. The van der Waals surface area contributed by atoms with Gasteiger partial charge in [-0.05, 0) is 62.2 Å². The first-order valence-corrected chi connectivity index (χ1v) is 9.35. The topological polar surface area (TPSA) is 75.0 Å². The Balaban J connectivity index is 1.98. The van der Waals surface area contributed by atoms with Crippen LogP contribution in [0.15, 0.2) is 42.0 Å². The highest BCUT2D eigenvalue weighted by molar-refractivity contribution is 6.31. The molecule has 146 valence electrons. The highest BCUT2D eigenvalue weighted by atomic mass is 35.5. The van der Waals surface area contributed by atoms with Crippen LogP contribution < -0.4 is 10.1 Å². The number of fused-ring (bicyclic) bond motifs is 1. The molecule has 0 aliphatic heterocycles. The van der Waals surface area contributed by atoms with Crippen molar-refractivity contribution in [3.63, 3.8) is 0 Å². The molecule has 1 amide bonds. The van der Waals surface area contributed by atoms with Gasteiger partial charge in [-0.3, -0.25) is 4.79 Å². The zero-order chi connectivity index (χ0) is 21.1. The van der Waals surface area contributed by atoms with E-state index in [2.05, 4.69) is 10.3 Å². The summed E-state index contributed by atoms with van der Waals surface area (Å²) in [4.78, 5) is 17.1. The third kappa shape index (κ3) is 4.39. The first kappa shape index (κ1) is 20.4. The average Bonchev–Trinajstić information content (AvgIpc) is 2.68. The third-order valence-corrected chi connectivity index (χ3v) is 4.89. The summed E-state index contributed by atoms with van der Waals surface area (Å²) < 4.78 is 5.24. The van der Waals surface area contributed by atoms with Crippen molar-refractivity contribution in [1.82, 2.24) is 4.98 Å². The van der Waals surface area contributed by atoms with Gasteiger partial charge in [0.15, 0.2) is 0 Å². The molecule has 0 atom stereocenters. The number of aromatic nitrogens is 1. The summed E-state index contributed by atoms with van der Waals surface area (Å²) in [6.45, 7) is 5.84. The van der Waals surface area contributed by atoms with E-state index in [1.807, 2.05) is 45.0 Å². The molecule has 29 heavy (non-hydrogen) atoms. The maximum Gasteiger partial charge on any atom is 0.266 e. The number of carbonyl (C=O) groups is 1. The molecule has 0 saturated heterocycles. The molecule has 0 saturated carbocycles. The van der Waals surface area contributed by atoms with Gasteiger partial charge >= 0.3 is 0 Å². The minimum Gasteiger partial charge on any atom is -0.497 e. The molecule has 5 nitrogen and oxygen atoms in total. The van der Waals surface area contributed by atoms with Crippen LogP contribution in [0.3, 0.4) is 0 Å². The number of rotatable bonds is 4. The maximum absolute atomic E-state index is 12.7. The molecular weight excluding hydrogens is 386 g/mol. The Morgan fingerprint density at radius 2 is 1.86 bits per heavy atom. The van der Waals surface area contributed by atoms with Crippen molar-refractivity contribution < 1.29 is 9.53 Å². The lowest BCUT2D eigenvalue weighted by Gasteiger charge is -2.12. The van der Waals surface area contributed by atoms with Crippen LogP contribution in [0, 0.1) is 32.1 Å². The number of methoxy groups -OCH3 is 1. The van der Waals surface area contributed by atoms with Crippen molar-refractivity contribution in [2.24, 2.45) is 0 Å². The van der Waals surface area contributed by atoms with Crippen molar-refractivity contribution in [1.29, 1.82) is 5.26 Å². The van der Waals surface area contributed by atoms with Gasteiger partial charge in [0.2, 0.25) is 0 Å². The zero-order valence-electron chi connectivity index (χ0n) is 16.6. The van der Waals surface area contributed by atoms with Gasteiger partial charge < -0.3 is 10.1 Å². The lowest BCUT2D eigenvalue weighted by atomic mass is 10.0. The quantitative estimate of drug-likeness (QED) is 0.360. The minimum absolute atomic E-state index is 0.0599. The summed E-state index contributed by atoms with van der Waals surface area (Å²) in [5.74, 6) is 0.185. The van der Waals surface area contributed by atoms with Crippen LogP contribution in [0.1, 0.15) is 22.3 Å². The summed E-state index contributed by atoms with van der Waals surface area (Å²) >= 11 is 6.28. The minimum atomic E-state index is -0.496. The Morgan fingerprint density at radius 1 is 1.17 bits per heavy atom. The molecule has 6 heteroatoms. The number of hydrogen-bond acceptors (Lipinski definition) is 4. The van der Waals surface area contributed by atoms with Crippen LogP contribution in [0.4, 0.5) is 5.69 Å². The molecule has 3 rings (SSSR count). The van der Waals surface area contributed by atoms with E-state index in [-0.39, 0.29) is 10.7 Å². The SMILES string of the molecule is COc1ccc2nc(Cl)c(/C=C(\C#N)C(=O)Nc3c(C)cc(C)cc3C)cc2c1. The smallest absolute Gasteiger partial charge is 0.266 e. The van der Waals surface area contributed by atoms with Crippen LogP contribution in [-0.2, 0) is 4.79 Å². The summed E-state index contributed by atoms with van der Waals surface area (Å²) in [6.07, 6.45) is 1.45. The van der Waals surface area contributed by atoms with Gasteiger partial charge in [-0.2, -0.15) is 5.26 Å². The number of nitrogens with one attached hydrogen (secondary N) is 1. The van der Waals surface area contributed by atoms with Crippen molar-refractivity contribution >= 4 is 40.2 Å². The van der Waals surface area contributed by atoms with E-state index in [0.717, 1.165) is 22.1 Å². The number of pyridine rings is 1. The second-order valence-corrected chi connectivity index (χ2v) is 7.18. The molecule has 1 heterocycles. The van der Waals surface area contributed by atoms with Gasteiger partial charge in [0.1, 0.15) is 22.5 Å². The largest absolute Gasteiger partial charge is 0.497 e. The Morgan fingerprint density at radius 3 is 2.48 bits per heavy atom. The van der Waals surface area contributed by atoms with Crippen LogP contribution in [0.2, 0.25) is 5.15 Å². The van der Waals surface area contributed by atoms with E-state index < -0.39 is 5.91 Å². The number of benzene rings is 2. The van der Waals surface area contributed by atoms with E-state index in [4.69, 9.17) is 16.3 Å². The molecule has 0 spiro atoms. The molecule has 0 unspecified atom stereocenters. The van der Waals surface area contributed by atoms with Crippen LogP contribution in [0.5, 0.6) is 5.75 Å². The molecule has 1 aromatic heterocycles. The van der Waals surface area contributed by atoms with Gasteiger partial charge in [-0.25, -0.2) is 4.98 Å². The molecule has 0 fully saturated rings. The van der Waals surface area contributed by atoms with Gasteiger partial charge in [-0.1, -0.05) is 29.3 Å². The molecule has 3 aromatic rings. The number of aryl methyl sites for hydroxylation is 3. The van der Waals surface area contributed by atoms with E-state index in [9.17, 15) is 10.1 Å². The molecule has 2 aromatic carbocycles. The second-order valence-electron chi connectivity index (χ2n) is 6.82. The molecule has 0 radical (unpaired) electrons. The first-order valence-electron chi connectivity index (χ1n) is 8.97. The molecule has 0 aliphatic rings. The average molecular weight is 406 g/mol. The number of anilines is 1. The van der Waals surface area contributed by atoms with E-state index in [0.29, 0.717) is 22.5 Å². The van der Waals surface area contributed by atoms with E-state index >= 15 is 0 Å². The standard InChI is InChI=1S/C23H20ClN3O2/c1-13-7-14(2)21(15(3)8-13)27-23(28)18(12-25)10-17-9-16-11-19(29-4)5-6-20(16)26-22(17)24/h5-11H,1-4H3,(H,27,28)/b18-10+. The maximum atomic E-state index is 12.7. The number of halogens is 1. The predicted octanol–water partition coefficient (Wildman–Crippen LogP) is 5.37. The van der Waals surface area contributed by atoms with Crippen molar-refractivity contribution in [2.75, 3.05) is 12.4 Å². The number of hydrogen-bond donors (Lipinski definition) is 1. The number of nitrogens with zero attached hydrogens (tertiary/aromatic N) is 2. The van der Waals surface area contributed by atoms with Crippen LogP contribution in [0.25, 0.3) is 17.0 Å². The van der Waals surface area contributed by atoms with Gasteiger partial charge in [-0.15, -0.1) is 0 Å². The Kier molecular flexibility index (Phi) is 5.86. The number of carbonyl (C=O) groups excluding carboxylic acids is 1. The predicted molar refractivity (Wildman–Crippen MR) is 116 cm³/mol. The lowest BCUT2D eigenvalue weighted by Crippen LogP contribution is -2.15. The van der Waals surface area contributed by atoms with Gasteiger partial charge in [0.25, 0.3) is 5.91 Å². The van der Waals surface area contributed by atoms with Crippen LogP contribution >= 0.6 is 11.6 Å². The molecule has 1 N–H and O–H groups in total. The highest BCUT2D eigenvalue weighted by Gasteiger charge is 2.14. The van der Waals surface area contributed by atoms with Crippen LogP contribution in [-0.4, -0.2) is 18.0 Å². The zero-order valence-corrected chi connectivity index (χ0v) is 17.4. The monoisotopic (exact) mass is 405 g/mol. The van der Waals surface area contributed by atoms with Gasteiger partial charge in [0, 0.05) is 16.6 Å². The fraction of sp³-hybridized carbons (Fsp3) is 0.174. The fourth-order valence-corrected chi connectivity index (χ4v) is 3.44. The van der Waals surface area contributed by atoms with Crippen molar-refractivity contribution in [3.8, 4) is 11.8 Å². The van der Waals surface area contributed by atoms with Crippen molar-refractivity contribution in [3.05, 3.63) is 69.4 Å². The number of ether oxygens (including phenoxy) is 1. The molecular formula is C23H20ClN3O2.